The van der Waals surface area contributed by atoms with Crippen LogP contribution in [0, 0.1) is 5.92 Å². The number of hydrogen-bond donors (Lipinski definition) is 1. The van der Waals surface area contributed by atoms with Crippen LogP contribution in [-0.4, -0.2) is 37.3 Å². The van der Waals surface area contributed by atoms with E-state index in [9.17, 15) is 8.42 Å². The van der Waals surface area contributed by atoms with Crippen molar-refractivity contribution in [3.05, 3.63) is 30.1 Å². The van der Waals surface area contributed by atoms with Crippen molar-refractivity contribution >= 4 is 22.4 Å². The SMILES string of the molecule is CC(c1ccccn1)S(=O)(=O)N1CCC(CN)CC1.Cl. The molecule has 0 spiro atoms. The summed E-state index contributed by atoms with van der Waals surface area (Å²) < 4.78 is 26.7. The molecule has 1 aliphatic rings. The molecule has 2 heterocycles. The highest BCUT2D eigenvalue weighted by atomic mass is 35.5. The summed E-state index contributed by atoms with van der Waals surface area (Å²) in [5.41, 5.74) is 6.23. The number of piperidine rings is 1. The van der Waals surface area contributed by atoms with Gasteiger partial charge in [0.05, 0.1) is 5.69 Å². The molecule has 0 radical (unpaired) electrons. The fourth-order valence-corrected chi connectivity index (χ4v) is 4.00. The maximum absolute atomic E-state index is 12.5. The smallest absolute Gasteiger partial charge is 0.222 e. The van der Waals surface area contributed by atoms with Crippen molar-refractivity contribution in [3.8, 4) is 0 Å². The van der Waals surface area contributed by atoms with Gasteiger partial charge < -0.3 is 5.73 Å². The highest BCUT2D eigenvalue weighted by Crippen LogP contribution is 2.27. The molecule has 2 N–H and O–H groups in total. The van der Waals surface area contributed by atoms with Crippen molar-refractivity contribution in [3.63, 3.8) is 0 Å². The molecule has 114 valence electrons. The van der Waals surface area contributed by atoms with Crippen LogP contribution < -0.4 is 5.73 Å². The van der Waals surface area contributed by atoms with E-state index >= 15 is 0 Å². The lowest BCUT2D eigenvalue weighted by Gasteiger charge is -2.32. The average Bonchev–Trinajstić information content (AvgIpc) is 2.47. The van der Waals surface area contributed by atoms with Crippen LogP contribution in [0.4, 0.5) is 0 Å². The third kappa shape index (κ3) is 3.69. The van der Waals surface area contributed by atoms with Gasteiger partial charge in [0.15, 0.2) is 0 Å². The Morgan fingerprint density at radius 3 is 2.55 bits per heavy atom. The zero-order chi connectivity index (χ0) is 13.9. The lowest BCUT2D eigenvalue weighted by molar-refractivity contribution is 0.276. The van der Waals surface area contributed by atoms with E-state index in [1.54, 1.807) is 29.6 Å². The Balaban J connectivity index is 0.00000200. The highest BCUT2D eigenvalue weighted by molar-refractivity contribution is 7.89. The topological polar surface area (TPSA) is 76.3 Å². The summed E-state index contributed by atoms with van der Waals surface area (Å²) in [6.45, 7) is 3.49. The number of nitrogens with two attached hydrogens (primary N) is 1. The first-order chi connectivity index (χ1) is 9.05. The molecule has 1 atom stereocenters. The molecule has 1 aromatic heterocycles. The minimum Gasteiger partial charge on any atom is -0.330 e. The van der Waals surface area contributed by atoms with Crippen LogP contribution in [0.3, 0.4) is 0 Å². The van der Waals surface area contributed by atoms with Crippen LogP contribution in [0.5, 0.6) is 0 Å². The lowest BCUT2D eigenvalue weighted by atomic mass is 9.99. The number of sulfonamides is 1. The highest BCUT2D eigenvalue weighted by Gasteiger charge is 2.33. The maximum Gasteiger partial charge on any atom is 0.222 e. The van der Waals surface area contributed by atoms with Crippen LogP contribution in [-0.2, 0) is 10.0 Å². The fourth-order valence-electron chi connectivity index (χ4n) is 2.39. The largest absolute Gasteiger partial charge is 0.330 e. The number of aromatic nitrogens is 1. The minimum absolute atomic E-state index is 0. The third-order valence-corrected chi connectivity index (χ3v) is 6.04. The molecule has 0 bridgehead atoms. The van der Waals surface area contributed by atoms with E-state index in [1.165, 1.54) is 0 Å². The van der Waals surface area contributed by atoms with E-state index in [4.69, 9.17) is 5.73 Å². The van der Waals surface area contributed by atoms with Crippen LogP contribution in [0.15, 0.2) is 24.4 Å². The molecule has 1 aromatic rings. The number of halogens is 1. The van der Waals surface area contributed by atoms with Gasteiger partial charge in [-0.25, -0.2) is 12.7 Å². The normalized spacial score (nSPS) is 19.3. The summed E-state index contributed by atoms with van der Waals surface area (Å²) in [7, 11) is -3.32. The molecule has 1 aliphatic heterocycles. The predicted octanol–water partition coefficient (Wildman–Crippen LogP) is 1.56. The van der Waals surface area contributed by atoms with Gasteiger partial charge in [-0.1, -0.05) is 6.07 Å². The third-order valence-electron chi connectivity index (χ3n) is 3.82. The molecule has 20 heavy (non-hydrogen) atoms. The standard InChI is InChI=1S/C13H21N3O2S.ClH/c1-11(13-4-2-3-7-15-13)19(17,18)16-8-5-12(10-14)6-9-16;/h2-4,7,11-12H,5-6,8-10,14H2,1H3;1H. The van der Waals surface area contributed by atoms with Crippen molar-refractivity contribution in [2.45, 2.75) is 25.0 Å². The van der Waals surface area contributed by atoms with Crippen LogP contribution in [0.1, 0.15) is 30.7 Å². The van der Waals surface area contributed by atoms with E-state index in [0.29, 0.717) is 31.2 Å². The summed E-state index contributed by atoms with van der Waals surface area (Å²) in [4.78, 5) is 4.15. The first-order valence-corrected chi connectivity index (χ1v) is 8.16. The molecule has 7 heteroatoms. The second kappa shape index (κ2) is 7.36. The van der Waals surface area contributed by atoms with Gasteiger partial charge in [0, 0.05) is 19.3 Å². The molecule has 5 nitrogen and oxygen atoms in total. The van der Waals surface area contributed by atoms with Gasteiger partial charge in [0.25, 0.3) is 0 Å². The van der Waals surface area contributed by atoms with Gasteiger partial charge in [0.1, 0.15) is 5.25 Å². The Bertz CT molecular complexity index is 502. The van der Waals surface area contributed by atoms with Crippen LogP contribution in [0.25, 0.3) is 0 Å². The zero-order valence-electron chi connectivity index (χ0n) is 11.6. The van der Waals surface area contributed by atoms with E-state index in [-0.39, 0.29) is 12.4 Å². The zero-order valence-corrected chi connectivity index (χ0v) is 13.2. The van der Waals surface area contributed by atoms with Gasteiger partial charge in [0.2, 0.25) is 10.0 Å². The van der Waals surface area contributed by atoms with E-state index in [0.717, 1.165) is 12.8 Å². The lowest BCUT2D eigenvalue weighted by Crippen LogP contribution is -2.41. The Morgan fingerprint density at radius 2 is 2.05 bits per heavy atom. The van der Waals surface area contributed by atoms with Gasteiger partial charge in [-0.05, 0) is 44.4 Å². The monoisotopic (exact) mass is 319 g/mol. The molecule has 1 saturated heterocycles. The first-order valence-electron chi connectivity index (χ1n) is 6.65. The number of pyridine rings is 1. The van der Waals surface area contributed by atoms with E-state index < -0.39 is 15.3 Å². The summed E-state index contributed by atoms with van der Waals surface area (Å²) in [6, 6.07) is 5.36. The van der Waals surface area contributed by atoms with Gasteiger partial charge >= 0.3 is 0 Å². The molecule has 1 unspecified atom stereocenters. The Labute approximate surface area is 127 Å². The van der Waals surface area contributed by atoms with Gasteiger partial charge in [-0.3, -0.25) is 4.98 Å². The molecule has 0 aromatic carbocycles. The second-order valence-corrected chi connectivity index (χ2v) is 7.27. The Morgan fingerprint density at radius 1 is 1.40 bits per heavy atom. The van der Waals surface area contributed by atoms with Crippen LogP contribution >= 0.6 is 12.4 Å². The molecule has 1 fully saturated rings. The van der Waals surface area contributed by atoms with Crippen molar-refractivity contribution in [2.75, 3.05) is 19.6 Å². The van der Waals surface area contributed by atoms with Gasteiger partial charge in [-0.15, -0.1) is 12.4 Å². The summed E-state index contributed by atoms with van der Waals surface area (Å²) in [5.74, 6) is 0.455. The Hall–Kier alpha value is -0.690. The Kier molecular flexibility index (Phi) is 6.39. The molecule has 2 rings (SSSR count). The van der Waals surface area contributed by atoms with Crippen molar-refractivity contribution in [1.82, 2.24) is 9.29 Å². The molecule has 0 aliphatic carbocycles. The molecular weight excluding hydrogens is 298 g/mol. The van der Waals surface area contributed by atoms with Crippen molar-refractivity contribution in [1.29, 1.82) is 0 Å². The summed E-state index contributed by atoms with van der Waals surface area (Å²) in [6.07, 6.45) is 3.33. The van der Waals surface area contributed by atoms with Gasteiger partial charge in [-0.2, -0.15) is 0 Å². The fraction of sp³-hybridized carbons (Fsp3) is 0.615. The first kappa shape index (κ1) is 17.4. The van der Waals surface area contributed by atoms with E-state index in [1.807, 2.05) is 6.07 Å². The van der Waals surface area contributed by atoms with Crippen molar-refractivity contribution < 1.29 is 8.42 Å². The van der Waals surface area contributed by atoms with E-state index in [2.05, 4.69) is 4.98 Å². The second-order valence-electron chi connectivity index (χ2n) is 5.02. The number of nitrogens with zero attached hydrogens (tertiary/aromatic N) is 2. The maximum atomic E-state index is 12.5. The van der Waals surface area contributed by atoms with Crippen molar-refractivity contribution in [2.24, 2.45) is 11.7 Å². The summed E-state index contributed by atoms with van der Waals surface area (Å²) in [5, 5.41) is -0.594. The molecular formula is C13H22ClN3O2S. The summed E-state index contributed by atoms with van der Waals surface area (Å²) >= 11 is 0. The molecule has 0 saturated carbocycles. The average molecular weight is 320 g/mol. The minimum atomic E-state index is -3.32. The number of hydrogen-bond acceptors (Lipinski definition) is 4. The predicted molar refractivity (Wildman–Crippen MR) is 82.2 cm³/mol. The molecule has 0 amide bonds. The van der Waals surface area contributed by atoms with Crippen LogP contribution in [0.2, 0.25) is 0 Å². The quantitative estimate of drug-likeness (QED) is 0.914. The number of rotatable bonds is 4.